The Hall–Kier alpha value is -2.36. The number of nitriles is 1. The van der Waals surface area contributed by atoms with E-state index in [9.17, 15) is 0 Å². The molecule has 0 radical (unpaired) electrons. The maximum absolute atomic E-state index is 9.03. The molecule has 3 heterocycles. The number of hydrogen-bond acceptors (Lipinski definition) is 6. The number of aromatic nitrogens is 4. The molecule has 0 aliphatic carbocycles. The van der Waals surface area contributed by atoms with E-state index in [2.05, 4.69) is 31.1 Å². The molecular weight excluding hydrogens is 242 g/mol. The van der Waals surface area contributed by atoms with Crippen LogP contribution < -0.4 is 10.6 Å². The summed E-state index contributed by atoms with van der Waals surface area (Å²) in [5.41, 5.74) is 6.39. The van der Waals surface area contributed by atoms with Crippen LogP contribution in [0.2, 0.25) is 0 Å². The molecule has 7 heteroatoms. The average molecular weight is 257 g/mol. The first-order valence-corrected chi connectivity index (χ1v) is 6.39. The lowest BCUT2D eigenvalue weighted by molar-refractivity contribution is 0.590. The molecule has 1 saturated heterocycles. The Morgan fingerprint density at radius 3 is 3.11 bits per heavy atom. The standard InChI is InChI=1S/C12H15N7/c13-6-8-2-1-4-19(5-3-8)11-9-7-15-18-10(9)16-12(14)17-11/h7-8H,1-5H2,(H3,14,15,16,17,18). The van der Waals surface area contributed by atoms with Crippen molar-refractivity contribution >= 4 is 22.8 Å². The number of nitrogens with one attached hydrogen (secondary N) is 1. The summed E-state index contributed by atoms with van der Waals surface area (Å²) in [4.78, 5) is 10.6. The average Bonchev–Trinajstić information content (AvgIpc) is 2.74. The van der Waals surface area contributed by atoms with E-state index >= 15 is 0 Å². The van der Waals surface area contributed by atoms with Gasteiger partial charge >= 0.3 is 0 Å². The van der Waals surface area contributed by atoms with Crippen molar-refractivity contribution in [2.45, 2.75) is 19.3 Å². The van der Waals surface area contributed by atoms with Gasteiger partial charge in [-0.3, -0.25) is 5.10 Å². The second kappa shape index (κ2) is 4.72. The molecule has 0 saturated carbocycles. The number of nitrogen functional groups attached to an aromatic ring is 1. The van der Waals surface area contributed by atoms with E-state index in [1.54, 1.807) is 6.20 Å². The van der Waals surface area contributed by atoms with Crippen LogP contribution in [0.4, 0.5) is 11.8 Å². The minimum absolute atomic E-state index is 0.143. The van der Waals surface area contributed by atoms with Crippen molar-refractivity contribution in [3.8, 4) is 6.07 Å². The van der Waals surface area contributed by atoms with Gasteiger partial charge in [0.2, 0.25) is 5.95 Å². The number of nitrogens with two attached hydrogens (primary N) is 1. The number of nitrogens with zero attached hydrogens (tertiary/aromatic N) is 5. The van der Waals surface area contributed by atoms with Crippen LogP contribution in [0, 0.1) is 17.2 Å². The summed E-state index contributed by atoms with van der Waals surface area (Å²) in [5, 5.41) is 16.7. The predicted molar refractivity (Wildman–Crippen MR) is 71.3 cm³/mol. The summed E-state index contributed by atoms with van der Waals surface area (Å²) in [6.07, 6.45) is 4.51. The van der Waals surface area contributed by atoms with Crippen LogP contribution in [0.1, 0.15) is 19.3 Å². The highest BCUT2D eigenvalue weighted by Crippen LogP contribution is 2.26. The molecule has 1 aliphatic rings. The summed E-state index contributed by atoms with van der Waals surface area (Å²) in [6.45, 7) is 1.70. The van der Waals surface area contributed by atoms with E-state index in [0.29, 0.717) is 5.65 Å². The SMILES string of the molecule is N#CC1CCCN(c2nc(N)nc3[nH]ncc23)CC1. The predicted octanol–water partition coefficient (Wildman–Crippen LogP) is 1.07. The lowest BCUT2D eigenvalue weighted by Crippen LogP contribution is -2.25. The molecule has 1 fully saturated rings. The van der Waals surface area contributed by atoms with Crippen molar-refractivity contribution in [2.75, 3.05) is 23.7 Å². The molecule has 3 rings (SSSR count). The Balaban J connectivity index is 1.95. The van der Waals surface area contributed by atoms with Gasteiger partial charge in [-0.2, -0.15) is 20.3 Å². The summed E-state index contributed by atoms with van der Waals surface area (Å²) < 4.78 is 0. The van der Waals surface area contributed by atoms with Crippen LogP contribution in [-0.2, 0) is 0 Å². The molecule has 1 unspecified atom stereocenters. The van der Waals surface area contributed by atoms with Crippen LogP contribution in [0.5, 0.6) is 0 Å². The normalized spacial score (nSPS) is 20.2. The molecule has 7 nitrogen and oxygen atoms in total. The maximum Gasteiger partial charge on any atom is 0.224 e. The first-order chi connectivity index (χ1) is 9.28. The van der Waals surface area contributed by atoms with Crippen molar-refractivity contribution in [3.63, 3.8) is 0 Å². The number of hydrogen-bond donors (Lipinski definition) is 2. The van der Waals surface area contributed by atoms with Gasteiger partial charge in [0.05, 0.1) is 17.7 Å². The lowest BCUT2D eigenvalue weighted by atomic mass is 10.0. The monoisotopic (exact) mass is 257 g/mol. The van der Waals surface area contributed by atoms with Crippen LogP contribution >= 0.6 is 0 Å². The van der Waals surface area contributed by atoms with Crippen molar-refractivity contribution in [1.82, 2.24) is 20.2 Å². The first-order valence-electron chi connectivity index (χ1n) is 6.39. The second-order valence-corrected chi connectivity index (χ2v) is 4.78. The molecule has 3 N–H and O–H groups in total. The Kier molecular flexibility index (Phi) is 2.91. The number of rotatable bonds is 1. The third-order valence-electron chi connectivity index (χ3n) is 3.52. The smallest absolute Gasteiger partial charge is 0.224 e. The number of H-pyrrole nitrogens is 1. The third-order valence-corrected chi connectivity index (χ3v) is 3.52. The highest BCUT2D eigenvalue weighted by atomic mass is 15.2. The summed E-state index contributed by atoms with van der Waals surface area (Å²) in [7, 11) is 0. The van der Waals surface area contributed by atoms with E-state index in [-0.39, 0.29) is 11.9 Å². The van der Waals surface area contributed by atoms with E-state index in [4.69, 9.17) is 11.0 Å². The Morgan fingerprint density at radius 2 is 2.26 bits per heavy atom. The summed E-state index contributed by atoms with van der Waals surface area (Å²) >= 11 is 0. The van der Waals surface area contributed by atoms with Gasteiger partial charge < -0.3 is 10.6 Å². The first kappa shape index (κ1) is 11.7. The molecule has 1 atom stereocenters. The largest absolute Gasteiger partial charge is 0.368 e. The van der Waals surface area contributed by atoms with Gasteiger partial charge in [-0.25, -0.2) is 0 Å². The lowest BCUT2D eigenvalue weighted by Gasteiger charge is -2.21. The Bertz CT molecular complexity index is 627. The van der Waals surface area contributed by atoms with Crippen LogP contribution in [0.15, 0.2) is 6.20 Å². The molecule has 98 valence electrons. The van der Waals surface area contributed by atoms with Gasteiger partial charge in [-0.15, -0.1) is 0 Å². The molecule has 0 bridgehead atoms. The van der Waals surface area contributed by atoms with E-state index in [1.165, 1.54) is 0 Å². The maximum atomic E-state index is 9.03. The highest BCUT2D eigenvalue weighted by Gasteiger charge is 2.20. The zero-order chi connectivity index (χ0) is 13.2. The molecule has 0 amide bonds. The number of fused-ring (bicyclic) bond motifs is 1. The number of anilines is 2. The third kappa shape index (κ3) is 2.17. The van der Waals surface area contributed by atoms with Crippen molar-refractivity contribution in [3.05, 3.63) is 6.20 Å². The Morgan fingerprint density at radius 1 is 1.37 bits per heavy atom. The Labute approximate surface area is 110 Å². The molecule has 0 aromatic carbocycles. The quantitative estimate of drug-likeness (QED) is 0.791. The zero-order valence-electron chi connectivity index (χ0n) is 10.5. The van der Waals surface area contributed by atoms with Gasteiger partial charge in [-0.1, -0.05) is 0 Å². The van der Waals surface area contributed by atoms with Crippen LogP contribution in [-0.4, -0.2) is 33.3 Å². The minimum atomic E-state index is 0.143. The molecule has 0 spiro atoms. The fraction of sp³-hybridized carbons (Fsp3) is 0.500. The fourth-order valence-corrected chi connectivity index (χ4v) is 2.51. The molecule has 1 aliphatic heterocycles. The summed E-state index contributed by atoms with van der Waals surface area (Å²) in [6, 6.07) is 2.36. The number of aromatic amines is 1. The second-order valence-electron chi connectivity index (χ2n) is 4.78. The summed E-state index contributed by atoms with van der Waals surface area (Å²) in [5.74, 6) is 1.20. The van der Waals surface area contributed by atoms with E-state index in [0.717, 1.165) is 43.6 Å². The molecule has 2 aromatic rings. The van der Waals surface area contributed by atoms with Gasteiger partial charge in [0.1, 0.15) is 5.82 Å². The fourth-order valence-electron chi connectivity index (χ4n) is 2.51. The van der Waals surface area contributed by atoms with Gasteiger partial charge in [0.25, 0.3) is 0 Å². The highest BCUT2D eigenvalue weighted by molar-refractivity contribution is 5.87. The van der Waals surface area contributed by atoms with Gasteiger partial charge in [-0.05, 0) is 19.3 Å². The van der Waals surface area contributed by atoms with Crippen molar-refractivity contribution in [2.24, 2.45) is 5.92 Å². The van der Waals surface area contributed by atoms with Gasteiger partial charge in [0.15, 0.2) is 5.65 Å². The van der Waals surface area contributed by atoms with E-state index in [1.807, 2.05) is 0 Å². The zero-order valence-corrected chi connectivity index (χ0v) is 10.5. The van der Waals surface area contributed by atoms with Crippen molar-refractivity contribution in [1.29, 1.82) is 5.26 Å². The van der Waals surface area contributed by atoms with Gasteiger partial charge in [0, 0.05) is 19.0 Å². The topological polar surface area (TPSA) is 108 Å². The van der Waals surface area contributed by atoms with Crippen LogP contribution in [0.25, 0.3) is 11.0 Å². The molecular formula is C12H15N7. The van der Waals surface area contributed by atoms with Crippen LogP contribution in [0.3, 0.4) is 0 Å². The van der Waals surface area contributed by atoms with E-state index < -0.39 is 0 Å². The molecule has 2 aromatic heterocycles. The molecule has 19 heavy (non-hydrogen) atoms. The minimum Gasteiger partial charge on any atom is -0.368 e. The van der Waals surface area contributed by atoms with Crippen molar-refractivity contribution < 1.29 is 0 Å².